The third-order valence-electron chi connectivity index (χ3n) is 1.39. The molecule has 0 saturated carbocycles. The van der Waals surface area contributed by atoms with Gasteiger partial charge < -0.3 is 5.32 Å². The second-order valence-electron chi connectivity index (χ2n) is 2.46. The number of nitrogens with one attached hydrogen (secondary N) is 1. The second kappa shape index (κ2) is 7.04. The summed E-state index contributed by atoms with van der Waals surface area (Å²) in [5.74, 6) is -0.330. The van der Waals surface area contributed by atoms with Crippen LogP contribution in [-0.4, -0.2) is 18.2 Å². The van der Waals surface area contributed by atoms with Crippen molar-refractivity contribution < 1.29 is 9.59 Å². The molecule has 4 nitrogen and oxygen atoms in total. The summed E-state index contributed by atoms with van der Waals surface area (Å²) in [5.41, 5.74) is 0. The zero-order valence-corrected chi connectivity index (χ0v) is 7.38. The van der Waals surface area contributed by atoms with Gasteiger partial charge in [0.05, 0.1) is 6.07 Å². The average molecular weight is 180 g/mol. The van der Waals surface area contributed by atoms with Crippen LogP contribution in [0.15, 0.2) is 12.7 Å². The molecule has 0 aliphatic carbocycles. The van der Waals surface area contributed by atoms with E-state index >= 15 is 0 Å². The van der Waals surface area contributed by atoms with Crippen molar-refractivity contribution >= 4 is 11.7 Å². The van der Waals surface area contributed by atoms with Crippen LogP contribution in [0, 0.1) is 11.3 Å². The molecule has 1 N–H and O–H groups in total. The Labute approximate surface area is 77.2 Å². The van der Waals surface area contributed by atoms with Gasteiger partial charge in [-0.15, -0.1) is 0 Å². The predicted molar refractivity (Wildman–Crippen MR) is 47.7 cm³/mol. The second-order valence-corrected chi connectivity index (χ2v) is 2.46. The number of allylic oxidation sites excluding steroid dienone is 1. The predicted octanol–water partition coefficient (Wildman–Crippen LogP) is 0.552. The molecule has 0 bridgehead atoms. The van der Waals surface area contributed by atoms with Crippen LogP contribution in [0.2, 0.25) is 0 Å². The molecule has 0 aromatic carbocycles. The molecule has 70 valence electrons. The van der Waals surface area contributed by atoms with Crippen molar-refractivity contribution in [2.45, 2.75) is 19.3 Å². The smallest absolute Gasteiger partial charge is 0.234 e. The molecule has 13 heavy (non-hydrogen) atoms. The lowest BCUT2D eigenvalue weighted by Gasteiger charge is -1.99. The Hall–Kier alpha value is -1.63. The summed E-state index contributed by atoms with van der Waals surface area (Å²) >= 11 is 0. The largest absolute Gasteiger partial charge is 0.355 e. The Morgan fingerprint density at radius 2 is 2.23 bits per heavy atom. The average Bonchev–Trinajstić information content (AvgIpc) is 2.12. The fourth-order valence-corrected chi connectivity index (χ4v) is 0.727. The number of rotatable bonds is 6. The van der Waals surface area contributed by atoms with Gasteiger partial charge in [-0.05, 0) is 12.5 Å². The van der Waals surface area contributed by atoms with Crippen LogP contribution >= 0.6 is 0 Å². The summed E-state index contributed by atoms with van der Waals surface area (Å²) in [6, 6.07) is 1.73. The maximum atomic E-state index is 10.7. The van der Waals surface area contributed by atoms with Crippen LogP contribution in [0.4, 0.5) is 0 Å². The monoisotopic (exact) mass is 180 g/mol. The van der Waals surface area contributed by atoms with Gasteiger partial charge in [0.25, 0.3) is 0 Å². The SMILES string of the molecule is C=CC(=O)CCCNC(=O)CC#N. The van der Waals surface area contributed by atoms with Crippen molar-refractivity contribution in [1.82, 2.24) is 5.32 Å². The van der Waals surface area contributed by atoms with Crippen LogP contribution in [0.5, 0.6) is 0 Å². The molecule has 0 rings (SSSR count). The van der Waals surface area contributed by atoms with Crippen molar-refractivity contribution in [2.75, 3.05) is 6.54 Å². The fourth-order valence-electron chi connectivity index (χ4n) is 0.727. The zero-order valence-electron chi connectivity index (χ0n) is 7.38. The Morgan fingerprint density at radius 3 is 2.77 bits per heavy atom. The summed E-state index contributed by atoms with van der Waals surface area (Å²) in [5, 5.41) is 10.7. The van der Waals surface area contributed by atoms with Gasteiger partial charge in [-0.2, -0.15) is 5.26 Å². The van der Waals surface area contributed by atoms with E-state index in [0.717, 1.165) is 0 Å². The van der Waals surface area contributed by atoms with E-state index in [1.165, 1.54) is 6.08 Å². The molecule has 0 aromatic heterocycles. The summed E-state index contributed by atoms with van der Waals surface area (Å²) in [6.45, 7) is 3.75. The van der Waals surface area contributed by atoms with Crippen LogP contribution < -0.4 is 5.32 Å². The van der Waals surface area contributed by atoms with Crippen molar-refractivity contribution in [3.05, 3.63) is 12.7 Å². The van der Waals surface area contributed by atoms with Gasteiger partial charge in [-0.3, -0.25) is 9.59 Å². The lowest BCUT2D eigenvalue weighted by atomic mass is 10.2. The third-order valence-corrected chi connectivity index (χ3v) is 1.39. The molecule has 0 unspecified atom stereocenters. The summed E-state index contributed by atoms with van der Waals surface area (Å²) in [6.07, 6.45) is 2.10. The standard InChI is InChI=1S/C9H12N2O2/c1-2-8(12)4-3-7-11-9(13)5-6-10/h2H,1,3-5,7H2,(H,11,13). The Morgan fingerprint density at radius 1 is 1.54 bits per heavy atom. The summed E-state index contributed by atoms with van der Waals surface area (Å²) in [7, 11) is 0. The summed E-state index contributed by atoms with van der Waals surface area (Å²) in [4.78, 5) is 21.4. The Kier molecular flexibility index (Phi) is 6.16. The minimum atomic E-state index is -0.298. The van der Waals surface area contributed by atoms with E-state index in [-0.39, 0.29) is 18.1 Å². The molecule has 0 heterocycles. The van der Waals surface area contributed by atoms with Crippen LogP contribution in [0.1, 0.15) is 19.3 Å². The first kappa shape index (κ1) is 11.4. The quantitative estimate of drug-likeness (QED) is 0.479. The number of nitriles is 1. The topological polar surface area (TPSA) is 70.0 Å². The van der Waals surface area contributed by atoms with E-state index in [1.54, 1.807) is 6.07 Å². The number of hydrogen-bond donors (Lipinski definition) is 1. The van der Waals surface area contributed by atoms with Crippen LogP contribution in [-0.2, 0) is 9.59 Å². The van der Waals surface area contributed by atoms with Gasteiger partial charge in [0, 0.05) is 13.0 Å². The number of carbonyl (C=O) groups excluding carboxylic acids is 2. The third kappa shape index (κ3) is 6.76. The highest BCUT2D eigenvalue weighted by Crippen LogP contribution is 1.90. The van der Waals surface area contributed by atoms with Gasteiger partial charge in [0.15, 0.2) is 5.78 Å². The zero-order chi connectivity index (χ0) is 10.1. The molecule has 0 atom stereocenters. The molecule has 0 aromatic rings. The molecule has 0 radical (unpaired) electrons. The minimum absolute atomic E-state index is 0.0328. The maximum absolute atomic E-state index is 10.7. The van der Waals surface area contributed by atoms with Gasteiger partial charge in [0.2, 0.25) is 5.91 Å². The molecule has 0 aliphatic rings. The summed E-state index contributed by atoms with van der Waals surface area (Å²) < 4.78 is 0. The Bertz CT molecular complexity index is 240. The molecule has 0 fully saturated rings. The highest BCUT2D eigenvalue weighted by molar-refractivity contribution is 5.89. The van der Waals surface area contributed by atoms with E-state index in [9.17, 15) is 9.59 Å². The highest BCUT2D eigenvalue weighted by atomic mass is 16.1. The van der Waals surface area contributed by atoms with Crippen molar-refractivity contribution in [3.8, 4) is 6.07 Å². The normalized spacial score (nSPS) is 8.54. The molecular formula is C9H12N2O2. The van der Waals surface area contributed by atoms with Crippen molar-refractivity contribution in [2.24, 2.45) is 0 Å². The van der Waals surface area contributed by atoms with Gasteiger partial charge >= 0.3 is 0 Å². The number of nitrogens with zero attached hydrogens (tertiary/aromatic N) is 1. The van der Waals surface area contributed by atoms with Crippen LogP contribution in [0.3, 0.4) is 0 Å². The van der Waals surface area contributed by atoms with E-state index in [0.29, 0.717) is 19.4 Å². The number of amides is 1. The van der Waals surface area contributed by atoms with Gasteiger partial charge in [-0.25, -0.2) is 0 Å². The van der Waals surface area contributed by atoms with E-state index in [1.807, 2.05) is 0 Å². The Balaban J connectivity index is 3.36. The van der Waals surface area contributed by atoms with Gasteiger partial charge in [-0.1, -0.05) is 6.58 Å². The lowest BCUT2D eigenvalue weighted by molar-refractivity contribution is -0.120. The van der Waals surface area contributed by atoms with E-state index in [2.05, 4.69) is 11.9 Å². The first-order chi connectivity index (χ1) is 6.20. The highest BCUT2D eigenvalue weighted by Gasteiger charge is 1.99. The molecule has 0 spiro atoms. The number of hydrogen-bond acceptors (Lipinski definition) is 3. The minimum Gasteiger partial charge on any atom is -0.355 e. The molecule has 1 amide bonds. The van der Waals surface area contributed by atoms with E-state index < -0.39 is 0 Å². The van der Waals surface area contributed by atoms with Crippen molar-refractivity contribution in [3.63, 3.8) is 0 Å². The fraction of sp³-hybridized carbons (Fsp3) is 0.444. The van der Waals surface area contributed by atoms with E-state index in [4.69, 9.17) is 5.26 Å². The molecule has 0 aliphatic heterocycles. The first-order valence-corrected chi connectivity index (χ1v) is 3.99. The lowest BCUT2D eigenvalue weighted by Crippen LogP contribution is -2.23. The molecule has 0 saturated heterocycles. The number of carbonyl (C=O) groups is 2. The maximum Gasteiger partial charge on any atom is 0.234 e. The molecular weight excluding hydrogens is 168 g/mol. The molecule has 4 heteroatoms. The van der Waals surface area contributed by atoms with Crippen LogP contribution in [0.25, 0.3) is 0 Å². The van der Waals surface area contributed by atoms with Gasteiger partial charge in [0.1, 0.15) is 6.42 Å². The van der Waals surface area contributed by atoms with Crippen molar-refractivity contribution in [1.29, 1.82) is 5.26 Å². The first-order valence-electron chi connectivity index (χ1n) is 3.99. The number of ketones is 1.